The van der Waals surface area contributed by atoms with Crippen molar-refractivity contribution < 1.29 is 27.5 Å². The summed E-state index contributed by atoms with van der Waals surface area (Å²) in [4.78, 5) is 29.5. The predicted octanol–water partition coefficient (Wildman–Crippen LogP) is 5.81. The summed E-state index contributed by atoms with van der Waals surface area (Å²) in [7, 11) is -1.37. The SMILES string of the molecule is CC[C@H](C(=O)NC1CCCCC1)N(Cc1ccc(Cl)cc1)C(=O)CN(c1cc(OC)ccc1OC)S(=O)(=O)c1ccccc1. The molecule has 3 aromatic carbocycles. The third kappa shape index (κ3) is 8.04. The second kappa shape index (κ2) is 15.3. The molecule has 0 aliphatic heterocycles. The van der Waals surface area contributed by atoms with Crippen LogP contribution in [0.25, 0.3) is 0 Å². The first kappa shape index (κ1) is 33.1. The molecule has 2 amide bonds. The summed E-state index contributed by atoms with van der Waals surface area (Å²) in [6, 6.07) is 18.9. The molecule has 1 aliphatic rings. The van der Waals surface area contributed by atoms with Crippen LogP contribution in [0, 0.1) is 0 Å². The van der Waals surface area contributed by atoms with E-state index in [-0.39, 0.29) is 34.8 Å². The van der Waals surface area contributed by atoms with Crippen LogP contribution in [0.3, 0.4) is 0 Å². The highest BCUT2D eigenvalue weighted by Crippen LogP contribution is 2.36. The summed E-state index contributed by atoms with van der Waals surface area (Å²) < 4.78 is 40.3. The van der Waals surface area contributed by atoms with Gasteiger partial charge in [-0.15, -0.1) is 0 Å². The molecule has 9 nitrogen and oxygen atoms in total. The van der Waals surface area contributed by atoms with E-state index in [4.69, 9.17) is 21.1 Å². The Labute approximate surface area is 265 Å². The standard InChI is InChI=1S/C33H40ClN3O6S/c1-4-29(33(39)35-26-11-7-5-8-12-26)36(22-24-15-17-25(34)18-16-24)32(38)23-37(44(40,41)28-13-9-6-10-14-28)30-21-27(42-2)19-20-31(30)43-3/h6,9-10,13-21,26,29H,4-5,7-8,11-12,22-23H2,1-3H3,(H,35,39)/t29-/m1/s1. The number of rotatable bonds is 13. The Morgan fingerprint density at radius 3 is 2.25 bits per heavy atom. The van der Waals surface area contributed by atoms with Gasteiger partial charge in [0.1, 0.15) is 24.1 Å². The van der Waals surface area contributed by atoms with E-state index >= 15 is 0 Å². The lowest BCUT2D eigenvalue weighted by Crippen LogP contribution is -2.54. The van der Waals surface area contributed by atoms with Crippen LogP contribution in [-0.4, -0.2) is 58.0 Å². The monoisotopic (exact) mass is 641 g/mol. The first-order chi connectivity index (χ1) is 21.2. The molecule has 0 saturated heterocycles. The van der Waals surface area contributed by atoms with E-state index in [1.54, 1.807) is 54.6 Å². The molecule has 1 N–H and O–H groups in total. The van der Waals surface area contributed by atoms with E-state index < -0.39 is 28.5 Å². The first-order valence-electron chi connectivity index (χ1n) is 14.8. The van der Waals surface area contributed by atoms with Crippen LogP contribution in [-0.2, 0) is 26.2 Å². The highest BCUT2D eigenvalue weighted by Gasteiger charge is 2.35. The Balaban J connectivity index is 1.76. The number of carbonyl (C=O) groups is 2. The van der Waals surface area contributed by atoms with Gasteiger partial charge in [0.25, 0.3) is 10.0 Å². The zero-order valence-corrected chi connectivity index (χ0v) is 26.9. The van der Waals surface area contributed by atoms with Crippen LogP contribution in [0.15, 0.2) is 77.7 Å². The van der Waals surface area contributed by atoms with E-state index in [0.717, 1.165) is 42.0 Å². The van der Waals surface area contributed by atoms with Crippen LogP contribution in [0.2, 0.25) is 5.02 Å². The van der Waals surface area contributed by atoms with Gasteiger partial charge >= 0.3 is 0 Å². The minimum absolute atomic E-state index is 0.00371. The van der Waals surface area contributed by atoms with Crippen LogP contribution in [0.5, 0.6) is 11.5 Å². The molecule has 4 rings (SSSR count). The number of amides is 2. The van der Waals surface area contributed by atoms with Gasteiger partial charge in [-0.2, -0.15) is 0 Å². The lowest BCUT2D eigenvalue weighted by Gasteiger charge is -2.34. The van der Waals surface area contributed by atoms with Crippen molar-refractivity contribution in [3.05, 3.63) is 83.4 Å². The fourth-order valence-electron chi connectivity index (χ4n) is 5.47. The van der Waals surface area contributed by atoms with E-state index in [9.17, 15) is 18.0 Å². The van der Waals surface area contributed by atoms with Crippen LogP contribution >= 0.6 is 11.6 Å². The number of hydrogen-bond donors (Lipinski definition) is 1. The van der Waals surface area contributed by atoms with Crippen molar-refractivity contribution >= 4 is 39.1 Å². The average Bonchev–Trinajstić information content (AvgIpc) is 3.04. The highest BCUT2D eigenvalue weighted by molar-refractivity contribution is 7.92. The maximum Gasteiger partial charge on any atom is 0.264 e. The van der Waals surface area contributed by atoms with Crippen LogP contribution < -0.4 is 19.1 Å². The molecule has 0 spiro atoms. The van der Waals surface area contributed by atoms with Gasteiger partial charge in [0.2, 0.25) is 11.8 Å². The molecule has 11 heteroatoms. The van der Waals surface area contributed by atoms with Gasteiger partial charge in [-0.1, -0.05) is 68.1 Å². The molecule has 1 fully saturated rings. The Kier molecular flexibility index (Phi) is 11.5. The number of nitrogens with zero attached hydrogens (tertiary/aromatic N) is 2. The van der Waals surface area contributed by atoms with Gasteiger partial charge < -0.3 is 19.7 Å². The average molecular weight is 642 g/mol. The molecule has 0 aromatic heterocycles. The molecule has 1 atom stereocenters. The Morgan fingerprint density at radius 1 is 0.955 bits per heavy atom. The molecule has 0 unspecified atom stereocenters. The second-order valence-corrected chi connectivity index (χ2v) is 13.1. The Hall–Kier alpha value is -3.76. The summed E-state index contributed by atoms with van der Waals surface area (Å²) in [5, 5.41) is 3.69. The number of sulfonamides is 1. The minimum atomic E-state index is -4.26. The van der Waals surface area contributed by atoms with Gasteiger partial charge in [-0.05, 0) is 61.2 Å². The molecular formula is C33H40ClN3O6S. The Morgan fingerprint density at radius 2 is 1.64 bits per heavy atom. The third-order valence-electron chi connectivity index (χ3n) is 7.87. The number of anilines is 1. The van der Waals surface area contributed by atoms with Crippen LogP contribution in [0.1, 0.15) is 51.0 Å². The summed E-state index contributed by atoms with van der Waals surface area (Å²) in [6.45, 7) is 1.35. The summed E-state index contributed by atoms with van der Waals surface area (Å²) in [6.07, 6.45) is 5.36. The van der Waals surface area contributed by atoms with Gasteiger partial charge in [0.15, 0.2) is 0 Å². The van der Waals surface area contributed by atoms with Crippen molar-refractivity contribution in [3.63, 3.8) is 0 Å². The molecule has 0 heterocycles. The summed E-state index contributed by atoms with van der Waals surface area (Å²) >= 11 is 6.12. The van der Waals surface area contributed by atoms with Crippen molar-refractivity contribution in [2.45, 2.75) is 69.0 Å². The van der Waals surface area contributed by atoms with Crippen molar-refractivity contribution in [3.8, 4) is 11.5 Å². The van der Waals surface area contributed by atoms with Gasteiger partial charge in [0, 0.05) is 23.7 Å². The van der Waals surface area contributed by atoms with Crippen molar-refractivity contribution in [2.75, 3.05) is 25.1 Å². The fraction of sp³-hybridized carbons (Fsp3) is 0.394. The second-order valence-electron chi connectivity index (χ2n) is 10.8. The smallest absolute Gasteiger partial charge is 0.264 e. The zero-order valence-electron chi connectivity index (χ0n) is 25.4. The largest absolute Gasteiger partial charge is 0.497 e. The normalized spacial score (nSPS) is 14.4. The molecular weight excluding hydrogens is 602 g/mol. The molecule has 44 heavy (non-hydrogen) atoms. The molecule has 1 saturated carbocycles. The maximum atomic E-state index is 14.4. The van der Waals surface area contributed by atoms with Crippen molar-refractivity contribution in [2.24, 2.45) is 0 Å². The summed E-state index contributed by atoms with van der Waals surface area (Å²) in [5.74, 6) is -0.171. The van der Waals surface area contributed by atoms with Crippen LogP contribution in [0.4, 0.5) is 5.69 Å². The predicted molar refractivity (Wildman–Crippen MR) is 172 cm³/mol. The number of nitrogens with one attached hydrogen (secondary N) is 1. The number of benzene rings is 3. The number of methoxy groups -OCH3 is 2. The first-order valence-corrected chi connectivity index (χ1v) is 16.6. The maximum absolute atomic E-state index is 14.4. The quantitative estimate of drug-likeness (QED) is 0.253. The van der Waals surface area contributed by atoms with E-state index in [2.05, 4.69) is 5.32 Å². The zero-order chi connectivity index (χ0) is 31.7. The Bertz CT molecular complexity index is 1510. The van der Waals surface area contributed by atoms with Crippen molar-refractivity contribution in [1.29, 1.82) is 0 Å². The van der Waals surface area contributed by atoms with Crippen molar-refractivity contribution in [1.82, 2.24) is 10.2 Å². The fourth-order valence-corrected chi connectivity index (χ4v) is 7.04. The molecule has 0 radical (unpaired) electrons. The van der Waals surface area contributed by atoms with Gasteiger partial charge in [-0.3, -0.25) is 13.9 Å². The number of hydrogen-bond acceptors (Lipinski definition) is 6. The number of halogens is 1. The summed E-state index contributed by atoms with van der Waals surface area (Å²) in [5.41, 5.74) is 0.887. The topological polar surface area (TPSA) is 105 Å². The van der Waals surface area contributed by atoms with E-state index in [0.29, 0.717) is 17.2 Å². The minimum Gasteiger partial charge on any atom is -0.497 e. The number of ether oxygens (including phenoxy) is 2. The number of carbonyl (C=O) groups excluding carboxylic acids is 2. The lowest BCUT2D eigenvalue weighted by molar-refractivity contribution is -0.140. The lowest BCUT2D eigenvalue weighted by atomic mass is 9.95. The van der Waals surface area contributed by atoms with Gasteiger partial charge in [-0.25, -0.2) is 8.42 Å². The highest BCUT2D eigenvalue weighted by atomic mass is 35.5. The molecule has 1 aliphatic carbocycles. The third-order valence-corrected chi connectivity index (χ3v) is 9.89. The van der Waals surface area contributed by atoms with E-state index in [1.807, 2.05) is 6.92 Å². The van der Waals surface area contributed by atoms with E-state index in [1.165, 1.54) is 37.3 Å². The molecule has 3 aromatic rings. The van der Waals surface area contributed by atoms with Gasteiger partial charge in [0.05, 0.1) is 24.8 Å². The molecule has 236 valence electrons. The molecule has 0 bridgehead atoms.